The van der Waals surface area contributed by atoms with Gasteiger partial charge in [0.1, 0.15) is 21.6 Å². The van der Waals surface area contributed by atoms with E-state index in [1.165, 1.54) is 7.11 Å². The molecule has 3 rings (SSSR count). The van der Waals surface area contributed by atoms with E-state index in [9.17, 15) is 18.0 Å². The van der Waals surface area contributed by atoms with Gasteiger partial charge in [-0.2, -0.15) is 0 Å². The maximum absolute atomic E-state index is 13.2. The summed E-state index contributed by atoms with van der Waals surface area (Å²) in [6.45, 7) is 1.90. The maximum atomic E-state index is 13.2. The minimum atomic E-state index is -3.31. The van der Waals surface area contributed by atoms with Crippen LogP contribution in [0.15, 0.2) is 42.7 Å². The molecule has 2 heterocycles. The van der Waals surface area contributed by atoms with Gasteiger partial charge in [0.2, 0.25) is 11.9 Å². The molecule has 1 saturated heterocycles. The van der Waals surface area contributed by atoms with Crippen molar-refractivity contribution < 1.29 is 22.7 Å². The van der Waals surface area contributed by atoms with Crippen molar-refractivity contribution in [2.75, 3.05) is 50.2 Å². The Morgan fingerprint density at radius 2 is 1.75 bits per heavy atom. The third kappa shape index (κ3) is 6.16. The molecule has 2 amide bonds. The lowest BCUT2D eigenvalue weighted by molar-refractivity contribution is -0.133. The summed E-state index contributed by atoms with van der Waals surface area (Å²) in [5.74, 6) is -0.0578. The minimum Gasteiger partial charge on any atom is -0.496 e. The molecule has 1 aromatic carbocycles. The van der Waals surface area contributed by atoms with E-state index in [1.807, 2.05) is 4.90 Å². The summed E-state index contributed by atoms with van der Waals surface area (Å²) in [7, 11) is -1.86. The van der Waals surface area contributed by atoms with Crippen LogP contribution in [0.4, 0.5) is 5.95 Å². The highest BCUT2D eigenvalue weighted by Crippen LogP contribution is 2.18. The second-order valence-electron chi connectivity index (χ2n) is 7.51. The Morgan fingerprint density at radius 1 is 1.09 bits per heavy atom. The first kappa shape index (κ1) is 23.5. The first-order valence-electron chi connectivity index (χ1n) is 10.2. The summed E-state index contributed by atoms with van der Waals surface area (Å²) < 4.78 is 28.6. The topological polar surface area (TPSA) is 122 Å². The van der Waals surface area contributed by atoms with Gasteiger partial charge in [-0.3, -0.25) is 9.59 Å². The third-order valence-corrected chi connectivity index (χ3v) is 6.14. The highest BCUT2D eigenvalue weighted by Gasteiger charge is 2.30. The van der Waals surface area contributed by atoms with E-state index in [2.05, 4.69) is 15.3 Å². The molecule has 0 spiro atoms. The lowest BCUT2D eigenvalue weighted by Crippen LogP contribution is -2.55. The van der Waals surface area contributed by atoms with Crippen LogP contribution in [-0.2, 0) is 14.6 Å². The predicted octanol–water partition coefficient (Wildman–Crippen LogP) is 0.367. The van der Waals surface area contributed by atoms with E-state index in [1.54, 1.807) is 47.6 Å². The molecule has 1 aromatic heterocycles. The molecular formula is C21H27N5O5S. The van der Waals surface area contributed by atoms with Crippen LogP contribution in [0.25, 0.3) is 0 Å². The van der Waals surface area contributed by atoms with Crippen LogP contribution >= 0.6 is 0 Å². The van der Waals surface area contributed by atoms with Crippen LogP contribution in [0.2, 0.25) is 0 Å². The van der Waals surface area contributed by atoms with Crippen LogP contribution in [0.3, 0.4) is 0 Å². The molecule has 1 aliphatic rings. The van der Waals surface area contributed by atoms with E-state index >= 15 is 0 Å². The summed E-state index contributed by atoms with van der Waals surface area (Å²) in [4.78, 5) is 38.1. The van der Waals surface area contributed by atoms with Gasteiger partial charge in [0.05, 0.1) is 18.4 Å². The Morgan fingerprint density at radius 3 is 2.38 bits per heavy atom. The number of carbonyl (C=O) groups excluding carboxylic acids is 2. The standard InChI is InChI=1S/C21H27N5O5S/c1-31-18-7-4-3-6-16(18)19(27)24-17(8-15-32(2,29)30)20(28)25-11-13-26(14-12-25)21-22-9-5-10-23-21/h3-7,9-10,17H,8,11-15H2,1-2H3,(H,24,27). The van der Waals surface area contributed by atoms with Gasteiger partial charge in [0, 0.05) is 44.8 Å². The lowest BCUT2D eigenvalue weighted by Gasteiger charge is -2.36. The minimum absolute atomic E-state index is 0.0133. The molecule has 1 unspecified atom stereocenters. The van der Waals surface area contributed by atoms with Crippen molar-refractivity contribution in [1.29, 1.82) is 0 Å². The van der Waals surface area contributed by atoms with Gasteiger partial charge in [0.15, 0.2) is 0 Å². The zero-order valence-corrected chi connectivity index (χ0v) is 18.9. The number of hydrogen-bond acceptors (Lipinski definition) is 8. The van der Waals surface area contributed by atoms with Crippen LogP contribution in [0.5, 0.6) is 5.75 Å². The van der Waals surface area contributed by atoms with Crippen molar-refractivity contribution in [1.82, 2.24) is 20.2 Å². The number of para-hydroxylation sites is 1. The molecule has 10 nitrogen and oxygen atoms in total. The number of piperazine rings is 1. The fourth-order valence-corrected chi connectivity index (χ4v) is 4.12. The van der Waals surface area contributed by atoms with Crippen molar-refractivity contribution in [3.8, 4) is 5.75 Å². The smallest absolute Gasteiger partial charge is 0.255 e. The van der Waals surface area contributed by atoms with Crippen LogP contribution in [-0.4, -0.2) is 86.4 Å². The molecule has 11 heteroatoms. The van der Waals surface area contributed by atoms with E-state index < -0.39 is 21.8 Å². The Kier molecular flexibility index (Phi) is 7.62. The summed E-state index contributed by atoms with van der Waals surface area (Å²) in [5, 5.41) is 2.71. The van der Waals surface area contributed by atoms with Crippen molar-refractivity contribution in [3.63, 3.8) is 0 Å². The molecule has 1 aliphatic heterocycles. The average molecular weight is 462 g/mol. The molecule has 0 aliphatic carbocycles. The largest absolute Gasteiger partial charge is 0.496 e. The number of hydrogen-bond donors (Lipinski definition) is 1. The molecule has 32 heavy (non-hydrogen) atoms. The van der Waals surface area contributed by atoms with Gasteiger partial charge in [-0.25, -0.2) is 18.4 Å². The van der Waals surface area contributed by atoms with Crippen LogP contribution < -0.4 is 15.0 Å². The second kappa shape index (κ2) is 10.4. The van der Waals surface area contributed by atoms with Gasteiger partial charge in [-0.05, 0) is 24.6 Å². The second-order valence-corrected chi connectivity index (χ2v) is 9.77. The molecule has 1 N–H and O–H groups in total. The first-order valence-corrected chi connectivity index (χ1v) is 12.3. The molecule has 2 aromatic rings. The number of nitrogens with one attached hydrogen (secondary N) is 1. The number of nitrogens with zero attached hydrogens (tertiary/aromatic N) is 4. The number of carbonyl (C=O) groups is 2. The van der Waals surface area contributed by atoms with Gasteiger partial charge in [-0.15, -0.1) is 0 Å². The first-order chi connectivity index (χ1) is 15.3. The number of aromatic nitrogens is 2. The van der Waals surface area contributed by atoms with E-state index in [-0.39, 0.29) is 23.6 Å². The van der Waals surface area contributed by atoms with Crippen molar-refractivity contribution in [3.05, 3.63) is 48.3 Å². The highest BCUT2D eigenvalue weighted by atomic mass is 32.2. The fraction of sp³-hybridized carbons (Fsp3) is 0.429. The third-order valence-electron chi connectivity index (χ3n) is 5.16. The van der Waals surface area contributed by atoms with Crippen molar-refractivity contribution >= 4 is 27.6 Å². The fourth-order valence-electron chi connectivity index (χ4n) is 3.46. The van der Waals surface area contributed by atoms with Gasteiger partial charge >= 0.3 is 0 Å². The Bertz CT molecular complexity index is 1040. The number of rotatable bonds is 8. The molecule has 0 saturated carbocycles. The molecule has 1 fully saturated rings. The number of amides is 2. The summed E-state index contributed by atoms with van der Waals surface area (Å²) in [6.07, 6.45) is 4.42. The normalized spacial score (nSPS) is 15.2. The SMILES string of the molecule is COc1ccccc1C(=O)NC(CCS(C)(=O)=O)C(=O)N1CCN(c2ncccn2)CC1. The van der Waals surface area contributed by atoms with E-state index in [0.29, 0.717) is 37.9 Å². The molecular weight excluding hydrogens is 434 g/mol. The predicted molar refractivity (Wildman–Crippen MR) is 119 cm³/mol. The van der Waals surface area contributed by atoms with Gasteiger partial charge in [0.25, 0.3) is 5.91 Å². The quantitative estimate of drug-likeness (QED) is 0.598. The maximum Gasteiger partial charge on any atom is 0.255 e. The zero-order chi connectivity index (χ0) is 23.1. The van der Waals surface area contributed by atoms with Gasteiger partial charge in [-0.1, -0.05) is 12.1 Å². The average Bonchev–Trinajstić information content (AvgIpc) is 2.81. The van der Waals surface area contributed by atoms with E-state index in [4.69, 9.17) is 4.74 Å². The zero-order valence-electron chi connectivity index (χ0n) is 18.1. The van der Waals surface area contributed by atoms with Crippen LogP contribution in [0.1, 0.15) is 16.8 Å². The molecule has 172 valence electrons. The monoisotopic (exact) mass is 461 g/mol. The Labute approximate surface area is 187 Å². The van der Waals surface area contributed by atoms with Gasteiger partial charge < -0.3 is 19.9 Å². The summed E-state index contributed by atoms with van der Waals surface area (Å²) in [6, 6.07) is 7.42. The number of anilines is 1. The number of sulfone groups is 1. The highest BCUT2D eigenvalue weighted by molar-refractivity contribution is 7.90. The Balaban J connectivity index is 1.70. The summed E-state index contributed by atoms with van der Waals surface area (Å²) >= 11 is 0. The van der Waals surface area contributed by atoms with Crippen molar-refractivity contribution in [2.45, 2.75) is 12.5 Å². The summed E-state index contributed by atoms with van der Waals surface area (Å²) in [5.41, 5.74) is 0.276. The van der Waals surface area contributed by atoms with Crippen LogP contribution in [0, 0.1) is 0 Å². The molecule has 1 atom stereocenters. The number of ether oxygens (including phenoxy) is 1. The van der Waals surface area contributed by atoms with Crippen molar-refractivity contribution in [2.24, 2.45) is 0 Å². The Hall–Kier alpha value is -3.21. The number of benzene rings is 1. The molecule has 0 radical (unpaired) electrons. The van der Waals surface area contributed by atoms with E-state index in [0.717, 1.165) is 6.26 Å². The number of methoxy groups -OCH3 is 1. The molecule has 0 bridgehead atoms. The lowest BCUT2D eigenvalue weighted by atomic mass is 10.1.